The van der Waals surface area contributed by atoms with E-state index >= 15 is 0 Å². The van der Waals surface area contributed by atoms with Crippen molar-refractivity contribution in [1.29, 1.82) is 0 Å². The number of benzene rings is 2. The standard InChI is InChI=1S/C41H60N6O6/c1-8-9-14-37-43-38-39(47(37)22-13-11-10-12-21-42-32-19-23-52-24-20-32)41(53-29(2)3)45-44-40(38)46(27-30-15-17-33(48-4)25-35(30)50-6)28-31-16-18-34(49-5)26-36(31)51-7/h15-18,25-26,29,32,42H,8-14,19-24,27-28H2,1-7H3. The number of aryl methyl sites for hydroxylation is 2. The zero-order chi connectivity index (χ0) is 37.6. The fourth-order valence-corrected chi connectivity index (χ4v) is 6.88. The molecule has 2 aromatic carbocycles. The second-order valence-electron chi connectivity index (χ2n) is 13.9. The molecule has 12 nitrogen and oxygen atoms in total. The fourth-order valence-electron chi connectivity index (χ4n) is 6.88. The highest BCUT2D eigenvalue weighted by Gasteiger charge is 2.26. The molecule has 0 aliphatic carbocycles. The van der Waals surface area contributed by atoms with Crippen molar-refractivity contribution in [2.24, 2.45) is 0 Å². The highest BCUT2D eigenvalue weighted by Crippen LogP contribution is 2.36. The number of unbranched alkanes of at least 4 members (excludes halogenated alkanes) is 4. The van der Waals surface area contributed by atoms with Crippen LogP contribution in [0.3, 0.4) is 0 Å². The van der Waals surface area contributed by atoms with E-state index in [1.54, 1.807) is 28.4 Å². The number of nitrogens with zero attached hydrogens (tertiary/aromatic N) is 5. The van der Waals surface area contributed by atoms with Crippen LogP contribution in [0.5, 0.6) is 28.9 Å². The summed E-state index contributed by atoms with van der Waals surface area (Å²) in [7, 11) is 6.66. The number of fused-ring (bicyclic) bond motifs is 1. The third-order valence-electron chi connectivity index (χ3n) is 9.77. The van der Waals surface area contributed by atoms with E-state index in [2.05, 4.69) is 21.7 Å². The predicted molar refractivity (Wildman–Crippen MR) is 209 cm³/mol. The molecule has 1 aliphatic rings. The Labute approximate surface area is 315 Å². The van der Waals surface area contributed by atoms with Crippen molar-refractivity contribution < 1.29 is 28.4 Å². The second-order valence-corrected chi connectivity index (χ2v) is 13.9. The first-order valence-corrected chi connectivity index (χ1v) is 19.3. The Morgan fingerprint density at radius 2 is 1.47 bits per heavy atom. The van der Waals surface area contributed by atoms with E-state index in [0.717, 1.165) is 122 Å². The molecule has 0 amide bonds. The van der Waals surface area contributed by atoms with Crippen molar-refractivity contribution in [1.82, 2.24) is 25.1 Å². The maximum atomic E-state index is 6.36. The van der Waals surface area contributed by atoms with E-state index in [0.29, 0.717) is 30.8 Å². The first kappa shape index (κ1) is 39.9. The monoisotopic (exact) mass is 732 g/mol. The summed E-state index contributed by atoms with van der Waals surface area (Å²) in [6.45, 7) is 10.8. The van der Waals surface area contributed by atoms with Gasteiger partial charge in [-0.3, -0.25) is 0 Å². The van der Waals surface area contributed by atoms with Gasteiger partial charge in [-0.15, -0.1) is 10.2 Å². The van der Waals surface area contributed by atoms with E-state index in [4.69, 9.17) is 43.6 Å². The van der Waals surface area contributed by atoms with Crippen molar-refractivity contribution in [3.05, 3.63) is 53.3 Å². The Balaban J connectivity index is 1.51. The normalized spacial score (nSPS) is 13.4. The van der Waals surface area contributed by atoms with Crippen LogP contribution in [-0.4, -0.2) is 80.1 Å². The second kappa shape index (κ2) is 20.2. The molecule has 0 radical (unpaired) electrons. The summed E-state index contributed by atoms with van der Waals surface area (Å²) in [4.78, 5) is 7.55. The maximum absolute atomic E-state index is 6.36. The molecule has 0 bridgehead atoms. The molecule has 4 aromatic rings. The Morgan fingerprint density at radius 1 is 0.830 bits per heavy atom. The van der Waals surface area contributed by atoms with E-state index in [1.165, 1.54) is 12.8 Å². The van der Waals surface area contributed by atoms with Crippen LogP contribution in [-0.2, 0) is 30.8 Å². The van der Waals surface area contributed by atoms with Crippen LogP contribution in [0.2, 0.25) is 0 Å². The molecule has 2 aromatic heterocycles. The quantitative estimate of drug-likeness (QED) is 0.0810. The third kappa shape index (κ3) is 10.7. The Bertz CT molecular complexity index is 1670. The molecule has 12 heteroatoms. The summed E-state index contributed by atoms with van der Waals surface area (Å²) >= 11 is 0. The summed E-state index contributed by atoms with van der Waals surface area (Å²) in [5.41, 5.74) is 3.61. The van der Waals surface area contributed by atoms with Gasteiger partial charge in [0.2, 0.25) is 0 Å². The van der Waals surface area contributed by atoms with Crippen molar-refractivity contribution in [3.8, 4) is 28.9 Å². The van der Waals surface area contributed by atoms with Crippen LogP contribution in [0.15, 0.2) is 36.4 Å². The van der Waals surface area contributed by atoms with E-state index in [1.807, 2.05) is 50.2 Å². The fraction of sp³-hybridized carbons (Fsp3) is 0.585. The molecule has 1 N–H and O–H groups in total. The van der Waals surface area contributed by atoms with Crippen molar-refractivity contribution in [3.63, 3.8) is 0 Å². The molecule has 1 saturated heterocycles. The zero-order valence-corrected chi connectivity index (χ0v) is 32.9. The average Bonchev–Trinajstić information content (AvgIpc) is 3.55. The van der Waals surface area contributed by atoms with Gasteiger partial charge in [-0.1, -0.05) is 26.2 Å². The molecule has 3 heterocycles. The Morgan fingerprint density at radius 3 is 2.06 bits per heavy atom. The lowest BCUT2D eigenvalue weighted by Gasteiger charge is -2.26. The summed E-state index contributed by atoms with van der Waals surface area (Å²) in [5.74, 6) is 5.11. The molecular formula is C41H60N6O6. The van der Waals surface area contributed by atoms with E-state index < -0.39 is 0 Å². The number of aromatic nitrogens is 4. The van der Waals surface area contributed by atoms with Crippen molar-refractivity contribution in [2.75, 3.05) is 53.1 Å². The SMILES string of the molecule is CCCCc1nc2c(N(Cc3ccc(OC)cc3OC)Cc3ccc(OC)cc3OC)nnc(OC(C)C)c2n1CCCCCCNC1CCOCC1. The predicted octanol–water partition coefficient (Wildman–Crippen LogP) is 7.53. The maximum Gasteiger partial charge on any atom is 0.260 e. The molecule has 0 saturated carbocycles. The van der Waals surface area contributed by atoms with Crippen LogP contribution < -0.4 is 33.9 Å². The molecule has 290 valence electrons. The van der Waals surface area contributed by atoms with Crippen LogP contribution >= 0.6 is 0 Å². The molecule has 0 atom stereocenters. The molecule has 0 spiro atoms. The molecule has 53 heavy (non-hydrogen) atoms. The first-order valence-electron chi connectivity index (χ1n) is 19.3. The van der Waals surface area contributed by atoms with Crippen LogP contribution in [0.4, 0.5) is 5.82 Å². The van der Waals surface area contributed by atoms with Gasteiger partial charge in [-0.2, -0.15) is 0 Å². The number of hydrogen-bond donors (Lipinski definition) is 1. The number of imidazole rings is 1. The average molecular weight is 733 g/mol. The van der Waals surface area contributed by atoms with Gasteiger partial charge >= 0.3 is 0 Å². The number of hydrogen-bond acceptors (Lipinski definition) is 11. The Kier molecular flexibility index (Phi) is 15.2. The van der Waals surface area contributed by atoms with Crippen LogP contribution in [0, 0.1) is 0 Å². The van der Waals surface area contributed by atoms with Crippen LogP contribution in [0.1, 0.15) is 89.1 Å². The highest BCUT2D eigenvalue weighted by atomic mass is 16.5. The highest BCUT2D eigenvalue weighted by molar-refractivity contribution is 5.90. The van der Waals surface area contributed by atoms with Gasteiger partial charge in [-0.25, -0.2) is 4.98 Å². The third-order valence-corrected chi connectivity index (χ3v) is 9.77. The topological polar surface area (TPSA) is 114 Å². The van der Waals surface area contributed by atoms with Crippen molar-refractivity contribution >= 4 is 16.9 Å². The van der Waals surface area contributed by atoms with Gasteiger partial charge < -0.3 is 43.2 Å². The number of anilines is 1. The van der Waals surface area contributed by atoms with Gasteiger partial charge in [0, 0.05) is 68.6 Å². The smallest absolute Gasteiger partial charge is 0.260 e. The number of nitrogens with one attached hydrogen (secondary N) is 1. The van der Waals surface area contributed by atoms with E-state index in [9.17, 15) is 0 Å². The molecule has 1 fully saturated rings. The van der Waals surface area contributed by atoms with Crippen molar-refractivity contribution in [2.45, 2.75) is 110 Å². The number of methoxy groups -OCH3 is 4. The van der Waals surface area contributed by atoms with Crippen LogP contribution in [0.25, 0.3) is 11.0 Å². The number of rotatable bonds is 22. The van der Waals surface area contributed by atoms with Gasteiger partial charge in [-0.05, 0) is 76.8 Å². The molecule has 0 unspecified atom stereocenters. The lowest BCUT2D eigenvalue weighted by Crippen LogP contribution is -2.35. The summed E-state index contributed by atoms with van der Waals surface area (Å²) in [6, 6.07) is 12.4. The largest absolute Gasteiger partial charge is 0.497 e. The van der Waals surface area contributed by atoms with Gasteiger partial charge in [0.05, 0.1) is 34.5 Å². The Hall–Kier alpha value is -4.29. The van der Waals surface area contributed by atoms with Gasteiger partial charge in [0.15, 0.2) is 5.82 Å². The minimum absolute atomic E-state index is 0.0766. The van der Waals surface area contributed by atoms with Gasteiger partial charge in [0.25, 0.3) is 5.88 Å². The zero-order valence-electron chi connectivity index (χ0n) is 32.9. The van der Waals surface area contributed by atoms with Gasteiger partial charge in [0.1, 0.15) is 39.9 Å². The summed E-state index contributed by atoms with van der Waals surface area (Å²) in [5, 5.41) is 13.4. The lowest BCUT2D eigenvalue weighted by molar-refractivity contribution is 0.0780. The first-order chi connectivity index (χ1) is 25.9. The molecule has 1 aliphatic heterocycles. The number of ether oxygens (including phenoxy) is 6. The minimum atomic E-state index is -0.0766. The van der Waals surface area contributed by atoms with E-state index in [-0.39, 0.29) is 6.10 Å². The molecular weight excluding hydrogens is 672 g/mol. The minimum Gasteiger partial charge on any atom is -0.497 e. The lowest BCUT2D eigenvalue weighted by atomic mass is 10.1. The molecule has 5 rings (SSSR count). The summed E-state index contributed by atoms with van der Waals surface area (Å²) in [6.07, 6.45) is 9.63. The summed E-state index contributed by atoms with van der Waals surface area (Å²) < 4.78 is 36.9.